The molecule has 1 aromatic heterocycles. The first-order valence-electron chi connectivity index (χ1n) is 7.59. The van der Waals surface area contributed by atoms with Crippen LogP contribution < -0.4 is 14.8 Å². The molecule has 4 rings (SSSR count). The van der Waals surface area contributed by atoms with Crippen molar-refractivity contribution in [1.82, 2.24) is 4.98 Å². The molecule has 8 heteroatoms. The Labute approximate surface area is 141 Å². The molecular formula is C17H13N3O5. The third kappa shape index (κ3) is 2.63. The number of non-ortho nitro benzene ring substituents is 1. The molecule has 0 radical (unpaired) electrons. The number of hydrogen-bond donors (Lipinski definition) is 2. The highest BCUT2D eigenvalue weighted by Crippen LogP contribution is 2.37. The van der Waals surface area contributed by atoms with Gasteiger partial charge in [-0.1, -0.05) is 18.2 Å². The molecule has 25 heavy (non-hydrogen) atoms. The molecule has 126 valence electrons. The predicted molar refractivity (Wildman–Crippen MR) is 90.3 cm³/mol. The fourth-order valence-electron chi connectivity index (χ4n) is 2.78. The van der Waals surface area contributed by atoms with Crippen LogP contribution in [0.1, 0.15) is 10.5 Å². The SMILES string of the molecule is O=C(Nc1cccc2c1OCCO2)c1cc2cccc([N+](=O)[O-])c2[nH]1. The minimum Gasteiger partial charge on any atom is -0.486 e. The highest BCUT2D eigenvalue weighted by Gasteiger charge is 2.20. The molecule has 3 aromatic rings. The van der Waals surface area contributed by atoms with Crippen LogP contribution in [0.5, 0.6) is 11.5 Å². The zero-order valence-electron chi connectivity index (χ0n) is 12.9. The van der Waals surface area contributed by atoms with Gasteiger partial charge in [-0.2, -0.15) is 0 Å². The quantitative estimate of drug-likeness (QED) is 0.563. The molecule has 0 spiro atoms. The molecule has 0 saturated carbocycles. The molecule has 8 nitrogen and oxygen atoms in total. The first-order chi connectivity index (χ1) is 12.1. The van der Waals surface area contributed by atoms with E-state index in [4.69, 9.17) is 9.47 Å². The van der Waals surface area contributed by atoms with Crippen molar-refractivity contribution in [1.29, 1.82) is 0 Å². The number of aromatic nitrogens is 1. The maximum atomic E-state index is 12.5. The van der Waals surface area contributed by atoms with E-state index in [0.717, 1.165) is 0 Å². The number of hydrogen-bond acceptors (Lipinski definition) is 5. The zero-order valence-corrected chi connectivity index (χ0v) is 12.9. The van der Waals surface area contributed by atoms with Gasteiger partial charge in [-0.3, -0.25) is 14.9 Å². The van der Waals surface area contributed by atoms with Gasteiger partial charge in [-0.05, 0) is 18.2 Å². The maximum Gasteiger partial charge on any atom is 0.293 e. The van der Waals surface area contributed by atoms with Crippen LogP contribution in [-0.4, -0.2) is 29.0 Å². The number of para-hydroxylation sites is 2. The van der Waals surface area contributed by atoms with Crippen LogP contribution in [0.2, 0.25) is 0 Å². The predicted octanol–water partition coefficient (Wildman–Crippen LogP) is 3.10. The first-order valence-corrected chi connectivity index (χ1v) is 7.59. The maximum absolute atomic E-state index is 12.5. The van der Waals surface area contributed by atoms with E-state index in [0.29, 0.717) is 41.3 Å². The standard InChI is InChI=1S/C17H13N3O5/c21-17(19-11-4-2-6-14-16(11)25-8-7-24-14)12-9-10-3-1-5-13(20(22)23)15(10)18-12/h1-6,9,18H,7-8H2,(H,19,21). The molecule has 2 heterocycles. The van der Waals surface area contributed by atoms with Crippen LogP contribution in [-0.2, 0) is 0 Å². The number of amides is 1. The molecule has 1 aliphatic rings. The summed E-state index contributed by atoms with van der Waals surface area (Å²) in [5.41, 5.74) is 0.937. The highest BCUT2D eigenvalue weighted by atomic mass is 16.6. The van der Waals surface area contributed by atoms with E-state index >= 15 is 0 Å². The average Bonchev–Trinajstić information content (AvgIpc) is 3.06. The molecule has 0 bridgehead atoms. The van der Waals surface area contributed by atoms with Crippen molar-refractivity contribution in [3.63, 3.8) is 0 Å². The number of aromatic amines is 1. The number of ether oxygens (including phenoxy) is 2. The van der Waals surface area contributed by atoms with Gasteiger partial charge in [-0.15, -0.1) is 0 Å². The van der Waals surface area contributed by atoms with E-state index in [1.807, 2.05) is 0 Å². The van der Waals surface area contributed by atoms with E-state index in [9.17, 15) is 14.9 Å². The summed E-state index contributed by atoms with van der Waals surface area (Å²) in [6.45, 7) is 0.856. The zero-order chi connectivity index (χ0) is 17.4. The molecule has 1 aliphatic heterocycles. The van der Waals surface area contributed by atoms with Gasteiger partial charge >= 0.3 is 0 Å². The van der Waals surface area contributed by atoms with E-state index in [1.165, 1.54) is 6.07 Å². The third-order valence-electron chi connectivity index (χ3n) is 3.89. The second-order valence-corrected chi connectivity index (χ2v) is 5.47. The number of carbonyl (C=O) groups excluding carboxylic acids is 1. The summed E-state index contributed by atoms with van der Waals surface area (Å²) in [6.07, 6.45) is 0. The number of benzene rings is 2. The Hall–Kier alpha value is -3.55. The number of H-pyrrole nitrogens is 1. The van der Waals surface area contributed by atoms with Crippen LogP contribution >= 0.6 is 0 Å². The molecule has 1 amide bonds. The topological polar surface area (TPSA) is 106 Å². The summed E-state index contributed by atoms with van der Waals surface area (Å²) >= 11 is 0. The van der Waals surface area contributed by atoms with Crippen molar-refractivity contribution < 1.29 is 19.2 Å². The van der Waals surface area contributed by atoms with Gasteiger partial charge in [0.2, 0.25) is 0 Å². The van der Waals surface area contributed by atoms with Crippen molar-refractivity contribution in [2.45, 2.75) is 0 Å². The van der Waals surface area contributed by atoms with Gasteiger partial charge in [0, 0.05) is 11.5 Å². The molecule has 0 aliphatic carbocycles. The second kappa shape index (κ2) is 5.82. The van der Waals surface area contributed by atoms with Crippen LogP contribution in [0.15, 0.2) is 42.5 Å². The number of nitrogens with zero attached hydrogens (tertiary/aromatic N) is 1. The lowest BCUT2D eigenvalue weighted by molar-refractivity contribution is -0.383. The van der Waals surface area contributed by atoms with Gasteiger partial charge in [0.25, 0.3) is 11.6 Å². The number of carbonyl (C=O) groups is 1. The van der Waals surface area contributed by atoms with Crippen LogP contribution in [0.25, 0.3) is 10.9 Å². The summed E-state index contributed by atoms with van der Waals surface area (Å²) in [7, 11) is 0. The van der Waals surface area contributed by atoms with Gasteiger partial charge in [0.15, 0.2) is 11.5 Å². The minimum absolute atomic E-state index is 0.0784. The van der Waals surface area contributed by atoms with Crippen molar-refractivity contribution in [3.05, 3.63) is 58.3 Å². The van der Waals surface area contributed by atoms with Gasteiger partial charge < -0.3 is 19.8 Å². The molecular weight excluding hydrogens is 326 g/mol. The molecule has 0 fully saturated rings. The largest absolute Gasteiger partial charge is 0.486 e. The molecule has 0 unspecified atom stereocenters. The number of nitro groups is 1. The second-order valence-electron chi connectivity index (χ2n) is 5.47. The van der Waals surface area contributed by atoms with Gasteiger partial charge in [0.1, 0.15) is 24.4 Å². The molecule has 0 atom stereocenters. The summed E-state index contributed by atoms with van der Waals surface area (Å²) in [6, 6.07) is 11.5. The van der Waals surface area contributed by atoms with Gasteiger partial charge in [0.05, 0.1) is 10.6 Å². The van der Waals surface area contributed by atoms with E-state index < -0.39 is 10.8 Å². The van der Waals surface area contributed by atoms with E-state index in [1.54, 1.807) is 36.4 Å². The van der Waals surface area contributed by atoms with Crippen molar-refractivity contribution in [2.75, 3.05) is 18.5 Å². The first kappa shape index (κ1) is 15.0. The third-order valence-corrected chi connectivity index (χ3v) is 3.89. The fraction of sp³-hybridized carbons (Fsp3) is 0.118. The smallest absolute Gasteiger partial charge is 0.293 e. The van der Waals surface area contributed by atoms with Crippen molar-refractivity contribution >= 4 is 28.2 Å². The van der Waals surface area contributed by atoms with Crippen LogP contribution in [0.3, 0.4) is 0 Å². The number of anilines is 1. The Morgan fingerprint density at radius 3 is 2.80 bits per heavy atom. The average molecular weight is 339 g/mol. The van der Waals surface area contributed by atoms with Gasteiger partial charge in [-0.25, -0.2) is 0 Å². The lowest BCUT2D eigenvalue weighted by Crippen LogP contribution is -2.18. The minimum atomic E-state index is -0.487. The lowest BCUT2D eigenvalue weighted by Gasteiger charge is -2.20. The van der Waals surface area contributed by atoms with Crippen molar-refractivity contribution in [3.8, 4) is 11.5 Å². The summed E-state index contributed by atoms with van der Waals surface area (Å²) in [5, 5.41) is 14.4. The number of nitro benzene ring substituents is 1. The van der Waals surface area contributed by atoms with Crippen molar-refractivity contribution in [2.24, 2.45) is 0 Å². The number of fused-ring (bicyclic) bond motifs is 2. The number of rotatable bonds is 3. The molecule has 2 N–H and O–H groups in total. The Balaban J connectivity index is 1.67. The Kier molecular flexibility index (Phi) is 3.50. The Bertz CT molecular complexity index is 995. The van der Waals surface area contributed by atoms with E-state index in [-0.39, 0.29) is 11.4 Å². The molecule has 0 saturated heterocycles. The highest BCUT2D eigenvalue weighted by molar-refractivity contribution is 6.07. The Morgan fingerprint density at radius 1 is 1.16 bits per heavy atom. The van der Waals surface area contributed by atoms with Crippen LogP contribution in [0.4, 0.5) is 11.4 Å². The monoisotopic (exact) mass is 339 g/mol. The summed E-state index contributed by atoms with van der Waals surface area (Å²) in [5.74, 6) is 0.619. The fourth-order valence-corrected chi connectivity index (χ4v) is 2.78. The lowest BCUT2D eigenvalue weighted by atomic mass is 10.2. The summed E-state index contributed by atoms with van der Waals surface area (Å²) in [4.78, 5) is 26.0. The molecule has 2 aromatic carbocycles. The summed E-state index contributed by atoms with van der Waals surface area (Å²) < 4.78 is 11.0. The Morgan fingerprint density at radius 2 is 1.96 bits per heavy atom. The normalized spacial score (nSPS) is 12.8. The number of nitrogens with one attached hydrogen (secondary N) is 2. The van der Waals surface area contributed by atoms with Crippen LogP contribution in [0, 0.1) is 10.1 Å². The van der Waals surface area contributed by atoms with E-state index in [2.05, 4.69) is 10.3 Å².